The van der Waals surface area contributed by atoms with Gasteiger partial charge in [0.05, 0.1) is 15.9 Å². The van der Waals surface area contributed by atoms with Gasteiger partial charge in [0.15, 0.2) is 0 Å². The summed E-state index contributed by atoms with van der Waals surface area (Å²) < 4.78 is 3.19. The third-order valence-electron chi connectivity index (χ3n) is 2.19. The van der Waals surface area contributed by atoms with Gasteiger partial charge in [-0.1, -0.05) is 20.8 Å². The number of hydrogen-bond acceptors (Lipinski definition) is 2. The SMILES string of the molecule is CCc1nn(C)c(CSCC(C)C)c1Br. The molecule has 2 nitrogen and oxygen atoms in total. The molecular formula is C11H19BrN2S. The van der Waals surface area contributed by atoms with E-state index in [1.54, 1.807) is 0 Å². The Kier molecular flexibility index (Phi) is 5.19. The van der Waals surface area contributed by atoms with Gasteiger partial charge < -0.3 is 0 Å². The second-order valence-electron chi connectivity index (χ2n) is 4.09. The van der Waals surface area contributed by atoms with Gasteiger partial charge in [-0.3, -0.25) is 4.68 Å². The van der Waals surface area contributed by atoms with Crippen LogP contribution in [0.2, 0.25) is 0 Å². The van der Waals surface area contributed by atoms with E-state index in [4.69, 9.17) is 0 Å². The summed E-state index contributed by atoms with van der Waals surface area (Å²) >= 11 is 5.61. The minimum atomic E-state index is 0.757. The molecule has 1 heterocycles. The summed E-state index contributed by atoms with van der Waals surface area (Å²) in [5, 5.41) is 4.48. The van der Waals surface area contributed by atoms with E-state index in [0.717, 1.165) is 23.8 Å². The summed E-state index contributed by atoms with van der Waals surface area (Å²) in [5.74, 6) is 3.01. The molecule has 1 rings (SSSR count). The van der Waals surface area contributed by atoms with Crippen LogP contribution in [0.25, 0.3) is 0 Å². The second-order valence-corrected chi connectivity index (χ2v) is 5.92. The Labute approximate surface area is 105 Å². The molecule has 0 unspecified atom stereocenters. The van der Waals surface area contributed by atoms with Crippen LogP contribution < -0.4 is 0 Å². The highest BCUT2D eigenvalue weighted by Crippen LogP contribution is 2.25. The average Bonchev–Trinajstić information content (AvgIpc) is 2.44. The molecule has 0 radical (unpaired) electrons. The number of aryl methyl sites for hydroxylation is 2. The molecule has 0 saturated carbocycles. The number of nitrogens with zero attached hydrogens (tertiary/aromatic N) is 2. The zero-order chi connectivity index (χ0) is 11.4. The maximum atomic E-state index is 4.48. The van der Waals surface area contributed by atoms with Gasteiger partial charge in [-0.15, -0.1) is 0 Å². The normalized spacial score (nSPS) is 11.3. The Morgan fingerprint density at radius 1 is 1.47 bits per heavy atom. The monoisotopic (exact) mass is 290 g/mol. The smallest absolute Gasteiger partial charge is 0.0767 e. The standard InChI is InChI=1S/C11H19BrN2S/c1-5-9-11(12)10(14(4)13-9)7-15-6-8(2)3/h8H,5-7H2,1-4H3. The van der Waals surface area contributed by atoms with Crippen molar-refractivity contribution in [3.05, 3.63) is 15.9 Å². The first-order valence-corrected chi connectivity index (χ1v) is 7.29. The van der Waals surface area contributed by atoms with Crippen molar-refractivity contribution >= 4 is 27.7 Å². The summed E-state index contributed by atoms with van der Waals surface area (Å²) in [4.78, 5) is 0. The molecule has 4 heteroatoms. The predicted octanol–water partition coefficient (Wildman–Crippen LogP) is 3.63. The molecule has 0 aromatic carbocycles. The Balaban J connectivity index is 2.64. The van der Waals surface area contributed by atoms with Crippen LogP contribution >= 0.6 is 27.7 Å². The zero-order valence-electron chi connectivity index (χ0n) is 9.88. The zero-order valence-corrected chi connectivity index (χ0v) is 12.3. The van der Waals surface area contributed by atoms with Gasteiger partial charge in [-0.2, -0.15) is 16.9 Å². The highest BCUT2D eigenvalue weighted by molar-refractivity contribution is 9.10. The van der Waals surface area contributed by atoms with Gasteiger partial charge in [0.25, 0.3) is 0 Å². The van der Waals surface area contributed by atoms with Crippen LogP contribution in [0, 0.1) is 5.92 Å². The van der Waals surface area contributed by atoms with Crippen molar-refractivity contribution in [1.29, 1.82) is 0 Å². The van der Waals surface area contributed by atoms with Gasteiger partial charge in [0.2, 0.25) is 0 Å². The fourth-order valence-electron chi connectivity index (χ4n) is 1.37. The summed E-state index contributed by atoms with van der Waals surface area (Å²) in [6.07, 6.45) is 0.989. The maximum absolute atomic E-state index is 4.48. The van der Waals surface area contributed by atoms with Crippen molar-refractivity contribution in [1.82, 2.24) is 9.78 Å². The Hall–Kier alpha value is 0.0400. The minimum absolute atomic E-state index is 0.757. The van der Waals surface area contributed by atoms with E-state index in [1.165, 1.54) is 15.9 Å². The minimum Gasteiger partial charge on any atom is -0.270 e. The van der Waals surface area contributed by atoms with E-state index in [2.05, 4.69) is 41.8 Å². The summed E-state index contributed by atoms with van der Waals surface area (Å²) in [7, 11) is 2.02. The molecule has 0 aliphatic rings. The molecule has 0 fully saturated rings. The molecule has 0 aliphatic carbocycles. The third-order valence-corrected chi connectivity index (χ3v) is 4.49. The first-order chi connectivity index (χ1) is 7.06. The van der Waals surface area contributed by atoms with Crippen molar-refractivity contribution < 1.29 is 0 Å². The van der Waals surface area contributed by atoms with Crippen LogP contribution in [-0.4, -0.2) is 15.5 Å². The predicted molar refractivity (Wildman–Crippen MR) is 71.3 cm³/mol. The number of aromatic nitrogens is 2. The summed E-state index contributed by atoms with van der Waals surface area (Å²) in [6.45, 7) is 6.64. The van der Waals surface area contributed by atoms with Crippen LogP contribution in [0.15, 0.2) is 4.47 Å². The molecule has 0 saturated heterocycles. The lowest BCUT2D eigenvalue weighted by Crippen LogP contribution is -1.99. The number of rotatable bonds is 5. The number of hydrogen-bond donors (Lipinski definition) is 0. The molecule has 0 spiro atoms. The van der Waals surface area contributed by atoms with Crippen LogP contribution in [-0.2, 0) is 19.2 Å². The van der Waals surface area contributed by atoms with Gasteiger partial charge in [-0.05, 0) is 34.0 Å². The van der Waals surface area contributed by atoms with E-state index in [1.807, 2.05) is 23.5 Å². The van der Waals surface area contributed by atoms with Crippen molar-refractivity contribution in [3.63, 3.8) is 0 Å². The first kappa shape index (κ1) is 13.1. The molecule has 1 aromatic rings. The van der Waals surface area contributed by atoms with Crippen molar-refractivity contribution in [2.75, 3.05) is 5.75 Å². The molecule has 86 valence electrons. The number of thioether (sulfide) groups is 1. The quantitative estimate of drug-likeness (QED) is 0.824. The van der Waals surface area contributed by atoms with E-state index in [0.29, 0.717) is 0 Å². The Morgan fingerprint density at radius 2 is 2.13 bits per heavy atom. The first-order valence-electron chi connectivity index (χ1n) is 5.34. The fourth-order valence-corrected chi connectivity index (χ4v) is 3.42. The molecule has 0 bridgehead atoms. The largest absolute Gasteiger partial charge is 0.270 e. The molecule has 0 N–H and O–H groups in total. The van der Waals surface area contributed by atoms with Crippen molar-refractivity contribution in [3.8, 4) is 0 Å². The topological polar surface area (TPSA) is 17.8 Å². The number of halogens is 1. The Morgan fingerprint density at radius 3 is 2.60 bits per heavy atom. The van der Waals surface area contributed by atoms with E-state index < -0.39 is 0 Å². The van der Waals surface area contributed by atoms with Crippen molar-refractivity contribution in [2.24, 2.45) is 13.0 Å². The van der Waals surface area contributed by atoms with Crippen molar-refractivity contribution in [2.45, 2.75) is 32.9 Å². The Bertz CT molecular complexity index is 321. The van der Waals surface area contributed by atoms with Gasteiger partial charge >= 0.3 is 0 Å². The van der Waals surface area contributed by atoms with E-state index in [-0.39, 0.29) is 0 Å². The van der Waals surface area contributed by atoms with Crippen LogP contribution in [0.5, 0.6) is 0 Å². The maximum Gasteiger partial charge on any atom is 0.0767 e. The highest BCUT2D eigenvalue weighted by atomic mass is 79.9. The summed E-state index contributed by atoms with van der Waals surface area (Å²) in [5.41, 5.74) is 2.47. The van der Waals surface area contributed by atoms with Crippen LogP contribution in [0.1, 0.15) is 32.2 Å². The summed E-state index contributed by atoms with van der Waals surface area (Å²) in [6, 6.07) is 0. The lowest BCUT2D eigenvalue weighted by molar-refractivity contribution is 0.717. The van der Waals surface area contributed by atoms with E-state index in [9.17, 15) is 0 Å². The lowest BCUT2D eigenvalue weighted by atomic mass is 10.3. The van der Waals surface area contributed by atoms with Gasteiger partial charge in [-0.25, -0.2) is 0 Å². The molecule has 0 amide bonds. The third kappa shape index (κ3) is 3.52. The highest BCUT2D eigenvalue weighted by Gasteiger charge is 2.12. The van der Waals surface area contributed by atoms with Gasteiger partial charge in [0.1, 0.15) is 0 Å². The fraction of sp³-hybridized carbons (Fsp3) is 0.727. The van der Waals surface area contributed by atoms with Crippen LogP contribution in [0.3, 0.4) is 0 Å². The molecular weight excluding hydrogens is 272 g/mol. The molecule has 15 heavy (non-hydrogen) atoms. The molecule has 0 atom stereocenters. The molecule has 1 aromatic heterocycles. The average molecular weight is 291 g/mol. The van der Waals surface area contributed by atoms with Gasteiger partial charge in [0, 0.05) is 12.8 Å². The molecule has 0 aliphatic heterocycles. The van der Waals surface area contributed by atoms with E-state index >= 15 is 0 Å². The van der Waals surface area contributed by atoms with Crippen LogP contribution in [0.4, 0.5) is 0 Å². The lowest BCUT2D eigenvalue weighted by Gasteiger charge is -2.05. The second kappa shape index (κ2) is 5.94.